The van der Waals surface area contributed by atoms with Gasteiger partial charge in [-0.2, -0.15) is 0 Å². The summed E-state index contributed by atoms with van der Waals surface area (Å²) in [6.07, 6.45) is 8.26. The summed E-state index contributed by atoms with van der Waals surface area (Å²) < 4.78 is 0. The lowest BCUT2D eigenvalue weighted by Gasteiger charge is -2.24. The highest BCUT2D eigenvalue weighted by molar-refractivity contribution is 5.48. The molecule has 2 heteroatoms. The number of benzene rings is 1. The van der Waals surface area contributed by atoms with Crippen LogP contribution in [-0.4, -0.2) is 17.7 Å². The summed E-state index contributed by atoms with van der Waals surface area (Å²) in [7, 11) is 0. The van der Waals surface area contributed by atoms with Crippen LogP contribution in [0.25, 0.3) is 0 Å². The van der Waals surface area contributed by atoms with Gasteiger partial charge in [-0.05, 0) is 61.8 Å². The van der Waals surface area contributed by atoms with Gasteiger partial charge in [-0.15, -0.1) is 0 Å². The number of hydrogen-bond donors (Lipinski definition) is 2. The Balaban J connectivity index is 1.78. The maximum atomic E-state index is 10.3. The summed E-state index contributed by atoms with van der Waals surface area (Å²) in [5.41, 5.74) is 3.73. The first kappa shape index (κ1) is 11.1. The molecular weight excluding hydrogens is 210 g/mol. The highest BCUT2D eigenvalue weighted by Crippen LogP contribution is 2.33. The molecule has 92 valence electrons. The predicted octanol–water partition coefficient (Wildman–Crippen LogP) is 2.57. The Kier molecular flexibility index (Phi) is 3.06. The number of phenolic OH excluding ortho intramolecular Hbond substituents is 1. The molecule has 0 aromatic heterocycles. The monoisotopic (exact) mass is 231 g/mol. The fraction of sp³-hybridized carbons (Fsp3) is 0.600. The Morgan fingerprint density at radius 2 is 2.12 bits per heavy atom. The van der Waals surface area contributed by atoms with E-state index in [-0.39, 0.29) is 0 Å². The quantitative estimate of drug-likeness (QED) is 0.820. The molecule has 0 bridgehead atoms. The van der Waals surface area contributed by atoms with Gasteiger partial charge in [0.25, 0.3) is 0 Å². The summed E-state index contributed by atoms with van der Waals surface area (Å²) in [6, 6.07) is 4.92. The summed E-state index contributed by atoms with van der Waals surface area (Å²) in [5.74, 6) is 0.590. The number of rotatable bonds is 2. The number of phenols is 1. The van der Waals surface area contributed by atoms with Crippen LogP contribution >= 0.6 is 0 Å². The number of fused-ring (bicyclic) bond motifs is 1. The molecule has 1 aliphatic heterocycles. The topological polar surface area (TPSA) is 32.3 Å². The summed E-state index contributed by atoms with van der Waals surface area (Å²) >= 11 is 0. The second-order valence-corrected chi connectivity index (χ2v) is 5.42. The van der Waals surface area contributed by atoms with Crippen LogP contribution in [0.2, 0.25) is 0 Å². The summed E-state index contributed by atoms with van der Waals surface area (Å²) in [6.45, 7) is 1.14. The fourth-order valence-electron chi connectivity index (χ4n) is 3.22. The standard InChI is InChI=1S/C15H21NO/c17-15-12(10-13-5-1-2-9-16-13)8-7-11-4-3-6-14(11)15/h7-8,13,16-17H,1-6,9-10H2. The second kappa shape index (κ2) is 4.69. The lowest BCUT2D eigenvalue weighted by molar-refractivity contribution is 0.391. The molecular formula is C15H21NO. The first-order valence-corrected chi connectivity index (χ1v) is 6.90. The zero-order valence-corrected chi connectivity index (χ0v) is 10.3. The Hall–Kier alpha value is -1.02. The molecule has 0 amide bonds. The molecule has 0 saturated carbocycles. The van der Waals surface area contributed by atoms with Gasteiger partial charge in [0.05, 0.1) is 0 Å². The Morgan fingerprint density at radius 1 is 1.18 bits per heavy atom. The molecule has 1 atom stereocenters. The molecule has 2 nitrogen and oxygen atoms in total. The molecule has 0 spiro atoms. The molecule has 1 aromatic carbocycles. The van der Waals surface area contributed by atoms with Gasteiger partial charge in [0, 0.05) is 6.04 Å². The van der Waals surface area contributed by atoms with E-state index in [2.05, 4.69) is 17.4 Å². The van der Waals surface area contributed by atoms with Gasteiger partial charge in [-0.3, -0.25) is 0 Å². The number of hydrogen-bond acceptors (Lipinski definition) is 2. The molecule has 1 saturated heterocycles. The van der Waals surface area contributed by atoms with Crippen LogP contribution in [-0.2, 0) is 19.3 Å². The number of aryl methyl sites for hydroxylation is 1. The van der Waals surface area contributed by atoms with Crippen molar-refractivity contribution in [3.8, 4) is 5.75 Å². The Morgan fingerprint density at radius 3 is 2.94 bits per heavy atom. The predicted molar refractivity (Wildman–Crippen MR) is 69.5 cm³/mol. The van der Waals surface area contributed by atoms with Crippen LogP contribution in [0.1, 0.15) is 42.4 Å². The first-order valence-electron chi connectivity index (χ1n) is 6.90. The van der Waals surface area contributed by atoms with Gasteiger partial charge in [0.2, 0.25) is 0 Å². The maximum Gasteiger partial charge on any atom is 0.122 e. The minimum atomic E-state index is 0.564. The van der Waals surface area contributed by atoms with E-state index in [0.717, 1.165) is 31.4 Å². The van der Waals surface area contributed by atoms with E-state index in [0.29, 0.717) is 11.8 Å². The first-order chi connectivity index (χ1) is 8.34. The van der Waals surface area contributed by atoms with Crippen LogP contribution in [0.5, 0.6) is 5.75 Å². The van der Waals surface area contributed by atoms with Crippen molar-refractivity contribution in [3.05, 3.63) is 28.8 Å². The van der Waals surface area contributed by atoms with Crippen molar-refractivity contribution >= 4 is 0 Å². The van der Waals surface area contributed by atoms with E-state index in [1.807, 2.05) is 0 Å². The molecule has 1 aromatic rings. The SMILES string of the molecule is Oc1c(CC2CCCCN2)ccc2c1CCC2. The highest BCUT2D eigenvalue weighted by atomic mass is 16.3. The van der Waals surface area contributed by atoms with Crippen LogP contribution < -0.4 is 5.32 Å². The van der Waals surface area contributed by atoms with Gasteiger partial charge in [-0.25, -0.2) is 0 Å². The van der Waals surface area contributed by atoms with Crippen molar-refractivity contribution in [1.29, 1.82) is 0 Å². The molecule has 2 aliphatic rings. The lowest BCUT2D eigenvalue weighted by atomic mass is 9.95. The molecule has 3 rings (SSSR count). The van der Waals surface area contributed by atoms with E-state index in [9.17, 15) is 5.11 Å². The largest absolute Gasteiger partial charge is 0.507 e. The minimum absolute atomic E-state index is 0.564. The lowest BCUT2D eigenvalue weighted by Crippen LogP contribution is -2.35. The van der Waals surface area contributed by atoms with Crippen LogP contribution in [0.3, 0.4) is 0 Å². The summed E-state index contributed by atoms with van der Waals surface area (Å²) in [5, 5.41) is 13.9. The van der Waals surface area contributed by atoms with Gasteiger partial charge in [-0.1, -0.05) is 18.6 Å². The van der Waals surface area contributed by atoms with E-state index in [1.165, 1.54) is 36.8 Å². The molecule has 1 aliphatic carbocycles. The minimum Gasteiger partial charge on any atom is -0.507 e. The summed E-state index contributed by atoms with van der Waals surface area (Å²) in [4.78, 5) is 0. The normalized spacial score (nSPS) is 23.6. The highest BCUT2D eigenvalue weighted by Gasteiger charge is 2.20. The molecule has 1 fully saturated rings. The number of piperidine rings is 1. The van der Waals surface area contributed by atoms with Crippen molar-refractivity contribution in [2.24, 2.45) is 0 Å². The van der Waals surface area contributed by atoms with Crippen molar-refractivity contribution < 1.29 is 5.11 Å². The third-order valence-corrected chi connectivity index (χ3v) is 4.21. The van der Waals surface area contributed by atoms with Crippen molar-refractivity contribution in [2.75, 3.05) is 6.54 Å². The van der Waals surface area contributed by atoms with Crippen LogP contribution in [0, 0.1) is 0 Å². The van der Waals surface area contributed by atoms with Crippen molar-refractivity contribution in [2.45, 2.75) is 51.0 Å². The van der Waals surface area contributed by atoms with E-state index in [1.54, 1.807) is 0 Å². The molecule has 17 heavy (non-hydrogen) atoms. The average molecular weight is 231 g/mol. The molecule has 0 radical (unpaired) electrons. The third kappa shape index (κ3) is 2.19. The maximum absolute atomic E-state index is 10.3. The van der Waals surface area contributed by atoms with Crippen molar-refractivity contribution in [3.63, 3.8) is 0 Å². The van der Waals surface area contributed by atoms with Gasteiger partial charge in [0.1, 0.15) is 5.75 Å². The average Bonchev–Trinajstić information content (AvgIpc) is 2.83. The van der Waals surface area contributed by atoms with E-state index >= 15 is 0 Å². The zero-order chi connectivity index (χ0) is 11.7. The fourth-order valence-corrected chi connectivity index (χ4v) is 3.22. The van der Waals surface area contributed by atoms with Crippen LogP contribution in [0.15, 0.2) is 12.1 Å². The molecule has 1 heterocycles. The van der Waals surface area contributed by atoms with Gasteiger partial charge in [0.15, 0.2) is 0 Å². The Labute approximate surface area is 103 Å². The van der Waals surface area contributed by atoms with E-state index in [4.69, 9.17) is 0 Å². The third-order valence-electron chi connectivity index (χ3n) is 4.21. The van der Waals surface area contributed by atoms with Gasteiger partial charge >= 0.3 is 0 Å². The second-order valence-electron chi connectivity index (χ2n) is 5.42. The van der Waals surface area contributed by atoms with Gasteiger partial charge < -0.3 is 10.4 Å². The molecule has 2 N–H and O–H groups in total. The van der Waals surface area contributed by atoms with E-state index < -0.39 is 0 Å². The van der Waals surface area contributed by atoms with Crippen LogP contribution in [0.4, 0.5) is 0 Å². The zero-order valence-electron chi connectivity index (χ0n) is 10.3. The number of aromatic hydroxyl groups is 1. The Bertz CT molecular complexity index is 408. The van der Waals surface area contributed by atoms with Crippen molar-refractivity contribution in [1.82, 2.24) is 5.32 Å². The smallest absolute Gasteiger partial charge is 0.122 e. The molecule has 1 unspecified atom stereocenters. The number of nitrogens with one attached hydrogen (secondary N) is 1.